The standard InChI is InChI=1S/C9H8N2O2S/c1-7-9(11-14(12,13)10-7)8-5-3-2-4-6-8/h2-6H,1H3. The molecule has 5 heteroatoms. The number of benzene rings is 1. The SMILES string of the molecule is CC1=NS(=O)(=O)N=C1c1ccccc1. The summed E-state index contributed by atoms with van der Waals surface area (Å²) in [5, 5.41) is 0. The molecule has 0 unspecified atom stereocenters. The van der Waals surface area contributed by atoms with Gasteiger partial charge >= 0.3 is 10.2 Å². The van der Waals surface area contributed by atoms with Gasteiger partial charge in [-0.2, -0.15) is 8.42 Å². The van der Waals surface area contributed by atoms with Gasteiger partial charge in [-0.05, 0) is 6.92 Å². The molecule has 0 N–H and O–H groups in total. The lowest BCUT2D eigenvalue weighted by atomic mass is 10.1. The van der Waals surface area contributed by atoms with Crippen molar-refractivity contribution in [2.24, 2.45) is 8.80 Å². The van der Waals surface area contributed by atoms with Crippen molar-refractivity contribution in [1.82, 2.24) is 0 Å². The lowest BCUT2D eigenvalue weighted by molar-refractivity contribution is 0.601. The Morgan fingerprint density at radius 3 is 2.21 bits per heavy atom. The first-order valence-corrected chi connectivity index (χ1v) is 5.45. The number of hydrogen-bond donors (Lipinski definition) is 0. The van der Waals surface area contributed by atoms with Crippen molar-refractivity contribution < 1.29 is 8.42 Å². The summed E-state index contributed by atoms with van der Waals surface area (Å²) in [6.45, 7) is 1.64. The van der Waals surface area contributed by atoms with Crippen LogP contribution in [0.15, 0.2) is 39.1 Å². The Morgan fingerprint density at radius 2 is 1.71 bits per heavy atom. The van der Waals surface area contributed by atoms with Crippen LogP contribution in [0.1, 0.15) is 12.5 Å². The van der Waals surface area contributed by atoms with Gasteiger partial charge in [0.05, 0.1) is 5.71 Å². The molecule has 72 valence electrons. The second-order valence-corrected chi connectivity index (χ2v) is 4.19. The quantitative estimate of drug-likeness (QED) is 0.696. The van der Waals surface area contributed by atoms with Crippen LogP contribution in [0.4, 0.5) is 0 Å². The molecule has 0 spiro atoms. The summed E-state index contributed by atoms with van der Waals surface area (Å²) in [4.78, 5) is 0. The van der Waals surface area contributed by atoms with Gasteiger partial charge in [0.1, 0.15) is 5.71 Å². The Bertz CT molecular complexity index is 515. The Balaban J connectivity index is 2.55. The Morgan fingerprint density at radius 1 is 1.07 bits per heavy atom. The van der Waals surface area contributed by atoms with E-state index in [-0.39, 0.29) is 0 Å². The largest absolute Gasteiger partial charge is 0.363 e. The van der Waals surface area contributed by atoms with E-state index in [1.807, 2.05) is 18.2 Å². The van der Waals surface area contributed by atoms with Crippen LogP contribution in [0.3, 0.4) is 0 Å². The molecule has 0 saturated heterocycles. The second kappa shape index (κ2) is 3.02. The van der Waals surface area contributed by atoms with Crippen LogP contribution in [0.2, 0.25) is 0 Å². The lowest BCUT2D eigenvalue weighted by Crippen LogP contribution is -2.07. The van der Waals surface area contributed by atoms with Gasteiger partial charge in [-0.15, -0.1) is 8.80 Å². The van der Waals surface area contributed by atoms with E-state index in [2.05, 4.69) is 8.80 Å². The van der Waals surface area contributed by atoms with E-state index in [0.717, 1.165) is 5.56 Å². The number of nitrogens with zero attached hydrogens (tertiary/aromatic N) is 2. The molecule has 1 aromatic carbocycles. The summed E-state index contributed by atoms with van der Waals surface area (Å²) in [5.41, 5.74) is 1.65. The lowest BCUT2D eigenvalue weighted by Gasteiger charge is -1.97. The molecule has 0 saturated carbocycles. The van der Waals surface area contributed by atoms with Crippen LogP contribution in [-0.4, -0.2) is 19.8 Å². The molecule has 0 fully saturated rings. The maximum Gasteiger partial charge on any atom is 0.363 e. The fraction of sp³-hybridized carbons (Fsp3) is 0.111. The molecule has 0 bridgehead atoms. The van der Waals surface area contributed by atoms with Crippen LogP contribution in [0, 0.1) is 0 Å². The maximum absolute atomic E-state index is 11.0. The Kier molecular flexibility index (Phi) is 1.96. The van der Waals surface area contributed by atoms with E-state index in [1.165, 1.54) is 0 Å². The van der Waals surface area contributed by atoms with E-state index in [9.17, 15) is 8.42 Å². The van der Waals surface area contributed by atoms with Crippen molar-refractivity contribution in [2.45, 2.75) is 6.92 Å². The van der Waals surface area contributed by atoms with E-state index < -0.39 is 10.2 Å². The summed E-state index contributed by atoms with van der Waals surface area (Å²) in [6, 6.07) is 9.13. The summed E-state index contributed by atoms with van der Waals surface area (Å²) in [5.74, 6) is 0. The minimum atomic E-state index is -3.62. The average molecular weight is 208 g/mol. The highest BCUT2D eigenvalue weighted by Gasteiger charge is 2.21. The molecular formula is C9H8N2O2S. The topological polar surface area (TPSA) is 58.9 Å². The second-order valence-electron chi connectivity index (χ2n) is 2.93. The summed E-state index contributed by atoms with van der Waals surface area (Å²) in [7, 11) is -3.62. The van der Waals surface area contributed by atoms with Crippen molar-refractivity contribution >= 4 is 21.6 Å². The van der Waals surface area contributed by atoms with Gasteiger partial charge in [-0.1, -0.05) is 30.3 Å². The molecule has 0 aromatic heterocycles. The van der Waals surface area contributed by atoms with E-state index in [1.54, 1.807) is 19.1 Å². The smallest absolute Gasteiger partial charge is 0.179 e. The molecular weight excluding hydrogens is 200 g/mol. The van der Waals surface area contributed by atoms with Gasteiger partial charge in [0.25, 0.3) is 0 Å². The highest BCUT2D eigenvalue weighted by molar-refractivity contribution is 7.89. The predicted molar refractivity (Wildman–Crippen MR) is 55.0 cm³/mol. The van der Waals surface area contributed by atoms with Gasteiger partial charge in [0.2, 0.25) is 0 Å². The fourth-order valence-electron chi connectivity index (χ4n) is 1.28. The molecule has 2 rings (SSSR count). The first-order valence-electron chi connectivity index (χ1n) is 4.06. The van der Waals surface area contributed by atoms with Crippen molar-refractivity contribution in [3.05, 3.63) is 35.9 Å². The van der Waals surface area contributed by atoms with Crippen molar-refractivity contribution in [3.63, 3.8) is 0 Å². The molecule has 4 nitrogen and oxygen atoms in total. The molecule has 14 heavy (non-hydrogen) atoms. The Labute approximate surface area is 82.2 Å². The van der Waals surface area contributed by atoms with E-state index in [0.29, 0.717) is 11.4 Å². The molecule has 1 aliphatic heterocycles. The van der Waals surface area contributed by atoms with Crippen LogP contribution in [0.25, 0.3) is 0 Å². The monoisotopic (exact) mass is 208 g/mol. The van der Waals surface area contributed by atoms with E-state index >= 15 is 0 Å². The van der Waals surface area contributed by atoms with Crippen LogP contribution < -0.4 is 0 Å². The minimum absolute atomic E-state index is 0.436. The van der Waals surface area contributed by atoms with Gasteiger partial charge in [0.15, 0.2) is 0 Å². The molecule has 0 aliphatic carbocycles. The normalized spacial score (nSPS) is 18.9. The van der Waals surface area contributed by atoms with Crippen LogP contribution in [-0.2, 0) is 10.2 Å². The zero-order chi connectivity index (χ0) is 10.2. The molecule has 0 atom stereocenters. The van der Waals surface area contributed by atoms with Gasteiger partial charge in [-0.25, -0.2) is 0 Å². The van der Waals surface area contributed by atoms with Crippen LogP contribution >= 0.6 is 0 Å². The van der Waals surface area contributed by atoms with Gasteiger partial charge in [-0.3, -0.25) is 0 Å². The highest BCUT2D eigenvalue weighted by atomic mass is 32.2. The predicted octanol–water partition coefficient (Wildman–Crippen LogP) is 1.20. The van der Waals surface area contributed by atoms with Gasteiger partial charge in [0, 0.05) is 5.56 Å². The first-order chi connectivity index (χ1) is 6.58. The summed E-state index contributed by atoms with van der Waals surface area (Å²) < 4.78 is 29.1. The third-order valence-electron chi connectivity index (χ3n) is 1.85. The highest BCUT2D eigenvalue weighted by Crippen LogP contribution is 2.13. The number of rotatable bonds is 1. The van der Waals surface area contributed by atoms with Crippen LogP contribution in [0.5, 0.6) is 0 Å². The van der Waals surface area contributed by atoms with Crippen molar-refractivity contribution in [3.8, 4) is 0 Å². The first kappa shape index (κ1) is 9.08. The van der Waals surface area contributed by atoms with E-state index in [4.69, 9.17) is 0 Å². The zero-order valence-electron chi connectivity index (χ0n) is 7.51. The Hall–Kier alpha value is -1.49. The molecule has 1 aromatic rings. The fourth-order valence-corrected chi connectivity index (χ4v) is 2.22. The van der Waals surface area contributed by atoms with Crippen molar-refractivity contribution in [2.75, 3.05) is 0 Å². The zero-order valence-corrected chi connectivity index (χ0v) is 8.32. The third-order valence-corrected chi connectivity index (χ3v) is 2.77. The molecule has 0 radical (unpaired) electrons. The average Bonchev–Trinajstić information content (AvgIpc) is 2.41. The summed E-state index contributed by atoms with van der Waals surface area (Å²) >= 11 is 0. The minimum Gasteiger partial charge on any atom is -0.179 e. The molecule has 1 heterocycles. The summed E-state index contributed by atoms with van der Waals surface area (Å²) in [6.07, 6.45) is 0. The third kappa shape index (κ3) is 1.58. The molecule has 1 aliphatic rings. The maximum atomic E-state index is 11.0. The van der Waals surface area contributed by atoms with Crippen molar-refractivity contribution in [1.29, 1.82) is 0 Å². The number of hydrogen-bond acceptors (Lipinski definition) is 2. The van der Waals surface area contributed by atoms with Gasteiger partial charge < -0.3 is 0 Å². The molecule has 0 amide bonds.